The number of rotatable bonds is 6. The summed E-state index contributed by atoms with van der Waals surface area (Å²) >= 11 is 0. The Bertz CT molecular complexity index is 284. The quantitative estimate of drug-likeness (QED) is 0.724. The average Bonchev–Trinajstić information content (AvgIpc) is 2.17. The van der Waals surface area contributed by atoms with E-state index in [1.807, 2.05) is 12.1 Å². The Morgan fingerprint density at radius 3 is 2.80 bits per heavy atom. The number of hydrogen-bond acceptors (Lipinski definition) is 2. The van der Waals surface area contributed by atoms with E-state index >= 15 is 0 Å². The first-order valence-electron chi connectivity index (χ1n) is 5.61. The summed E-state index contributed by atoms with van der Waals surface area (Å²) in [5.41, 5.74) is 1.24. The Morgan fingerprint density at radius 2 is 2.13 bits per heavy atom. The molecule has 2 heteroatoms. The molecule has 0 atom stereocenters. The predicted octanol–water partition coefficient (Wildman–Crippen LogP) is 2.76. The van der Waals surface area contributed by atoms with Gasteiger partial charge in [0.25, 0.3) is 0 Å². The summed E-state index contributed by atoms with van der Waals surface area (Å²) in [6.07, 6.45) is 1.05. The van der Waals surface area contributed by atoms with Crippen molar-refractivity contribution in [1.82, 2.24) is 5.32 Å². The molecule has 0 heterocycles. The van der Waals surface area contributed by atoms with Crippen LogP contribution < -0.4 is 10.1 Å². The molecule has 0 aromatic heterocycles. The van der Waals surface area contributed by atoms with E-state index < -0.39 is 0 Å². The van der Waals surface area contributed by atoms with E-state index in [9.17, 15) is 0 Å². The zero-order valence-corrected chi connectivity index (χ0v) is 9.92. The normalized spacial score (nSPS) is 10.7. The van der Waals surface area contributed by atoms with Crippen LogP contribution in [0.3, 0.4) is 0 Å². The van der Waals surface area contributed by atoms with E-state index in [4.69, 9.17) is 4.74 Å². The van der Waals surface area contributed by atoms with Gasteiger partial charge in [-0.25, -0.2) is 0 Å². The summed E-state index contributed by atoms with van der Waals surface area (Å²) in [6.45, 7) is 8.18. The molecule has 0 fully saturated rings. The highest BCUT2D eigenvalue weighted by Gasteiger charge is 1.95. The topological polar surface area (TPSA) is 21.3 Å². The molecule has 0 unspecified atom stereocenters. The van der Waals surface area contributed by atoms with E-state index in [1.165, 1.54) is 5.56 Å². The van der Waals surface area contributed by atoms with Gasteiger partial charge in [0.1, 0.15) is 5.75 Å². The number of ether oxygens (including phenoxy) is 1. The lowest BCUT2D eigenvalue weighted by Gasteiger charge is -2.09. The van der Waals surface area contributed by atoms with Crippen molar-refractivity contribution < 1.29 is 4.74 Å². The molecule has 1 N–H and O–H groups in total. The summed E-state index contributed by atoms with van der Waals surface area (Å²) in [5.74, 6) is 0.972. The first-order chi connectivity index (χ1) is 7.18. The monoisotopic (exact) mass is 207 g/mol. The smallest absolute Gasteiger partial charge is 0.119 e. The fourth-order valence-corrected chi connectivity index (χ4v) is 1.36. The summed E-state index contributed by atoms with van der Waals surface area (Å²) in [6, 6.07) is 8.73. The van der Waals surface area contributed by atoms with Gasteiger partial charge in [0, 0.05) is 6.04 Å². The lowest BCUT2D eigenvalue weighted by Crippen LogP contribution is -2.24. The van der Waals surface area contributed by atoms with Gasteiger partial charge < -0.3 is 10.1 Å². The Kier molecular flexibility index (Phi) is 5.19. The molecular weight excluding hydrogens is 186 g/mol. The molecule has 0 bridgehead atoms. The van der Waals surface area contributed by atoms with Gasteiger partial charge in [-0.15, -0.1) is 0 Å². The van der Waals surface area contributed by atoms with Crippen LogP contribution in [0.1, 0.15) is 25.8 Å². The number of aryl methyl sites for hydroxylation is 1. The van der Waals surface area contributed by atoms with E-state index in [0.717, 1.165) is 25.3 Å². The number of benzene rings is 1. The van der Waals surface area contributed by atoms with Crippen LogP contribution in [0, 0.1) is 6.92 Å². The Labute approximate surface area is 92.6 Å². The van der Waals surface area contributed by atoms with Crippen LogP contribution in [0.5, 0.6) is 5.75 Å². The molecule has 2 nitrogen and oxygen atoms in total. The van der Waals surface area contributed by atoms with Gasteiger partial charge in [0.15, 0.2) is 0 Å². The second-order valence-electron chi connectivity index (χ2n) is 4.13. The van der Waals surface area contributed by atoms with Crippen molar-refractivity contribution in [2.45, 2.75) is 33.2 Å². The summed E-state index contributed by atoms with van der Waals surface area (Å²) in [4.78, 5) is 0. The van der Waals surface area contributed by atoms with E-state index in [0.29, 0.717) is 6.04 Å². The largest absolute Gasteiger partial charge is 0.494 e. The molecule has 0 aliphatic rings. The number of nitrogens with one attached hydrogen (secondary N) is 1. The highest BCUT2D eigenvalue weighted by molar-refractivity contribution is 5.27. The summed E-state index contributed by atoms with van der Waals surface area (Å²) in [7, 11) is 0. The molecule has 0 saturated heterocycles. The zero-order chi connectivity index (χ0) is 11.1. The lowest BCUT2D eigenvalue weighted by molar-refractivity contribution is 0.306. The Hall–Kier alpha value is -1.02. The van der Waals surface area contributed by atoms with Gasteiger partial charge in [-0.3, -0.25) is 0 Å². The SMILES string of the molecule is Cc1cccc(OCCCNC(C)C)c1. The third-order valence-corrected chi connectivity index (χ3v) is 2.13. The molecule has 1 rings (SSSR count). The fourth-order valence-electron chi connectivity index (χ4n) is 1.36. The summed E-state index contributed by atoms with van der Waals surface area (Å²) in [5, 5.41) is 3.36. The Morgan fingerprint density at radius 1 is 1.33 bits per heavy atom. The predicted molar refractivity (Wildman–Crippen MR) is 64.4 cm³/mol. The molecule has 0 aliphatic carbocycles. The standard InChI is InChI=1S/C13H21NO/c1-11(2)14-8-5-9-15-13-7-4-6-12(3)10-13/h4,6-7,10-11,14H,5,8-9H2,1-3H3. The van der Waals surface area contributed by atoms with Crippen LogP contribution in [0.15, 0.2) is 24.3 Å². The van der Waals surface area contributed by atoms with Crippen molar-refractivity contribution >= 4 is 0 Å². The second kappa shape index (κ2) is 6.46. The highest BCUT2D eigenvalue weighted by atomic mass is 16.5. The molecule has 0 amide bonds. The van der Waals surface area contributed by atoms with Gasteiger partial charge in [0.2, 0.25) is 0 Å². The van der Waals surface area contributed by atoms with Crippen LogP contribution in [0.2, 0.25) is 0 Å². The molecule has 0 spiro atoms. The minimum atomic E-state index is 0.559. The molecule has 15 heavy (non-hydrogen) atoms. The molecule has 1 aromatic carbocycles. The third-order valence-electron chi connectivity index (χ3n) is 2.13. The van der Waals surface area contributed by atoms with E-state index in [1.54, 1.807) is 0 Å². The van der Waals surface area contributed by atoms with Crippen molar-refractivity contribution in [2.24, 2.45) is 0 Å². The molecule has 0 saturated carbocycles. The Balaban J connectivity index is 2.15. The van der Waals surface area contributed by atoms with Crippen molar-refractivity contribution in [1.29, 1.82) is 0 Å². The zero-order valence-electron chi connectivity index (χ0n) is 9.92. The van der Waals surface area contributed by atoms with Crippen LogP contribution in [-0.4, -0.2) is 19.2 Å². The number of hydrogen-bond donors (Lipinski definition) is 1. The lowest BCUT2D eigenvalue weighted by atomic mass is 10.2. The van der Waals surface area contributed by atoms with Crippen LogP contribution in [-0.2, 0) is 0 Å². The molecule has 84 valence electrons. The maximum atomic E-state index is 5.63. The third kappa shape index (κ3) is 5.43. The van der Waals surface area contributed by atoms with Gasteiger partial charge in [-0.2, -0.15) is 0 Å². The maximum absolute atomic E-state index is 5.63. The van der Waals surface area contributed by atoms with Crippen molar-refractivity contribution in [3.05, 3.63) is 29.8 Å². The van der Waals surface area contributed by atoms with Crippen molar-refractivity contribution in [2.75, 3.05) is 13.2 Å². The van der Waals surface area contributed by atoms with Crippen molar-refractivity contribution in [3.8, 4) is 5.75 Å². The summed E-state index contributed by atoms with van der Waals surface area (Å²) < 4.78 is 5.63. The van der Waals surface area contributed by atoms with Crippen LogP contribution >= 0.6 is 0 Å². The fraction of sp³-hybridized carbons (Fsp3) is 0.538. The highest BCUT2D eigenvalue weighted by Crippen LogP contribution is 2.12. The van der Waals surface area contributed by atoms with Gasteiger partial charge in [-0.1, -0.05) is 26.0 Å². The first kappa shape index (κ1) is 12.1. The minimum Gasteiger partial charge on any atom is -0.494 e. The van der Waals surface area contributed by atoms with Gasteiger partial charge in [-0.05, 0) is 37.6 Å². The van der Waals surface area contributed by atoms with Gasteiger partial charge >= 0.3 is 0 Å². The molecular formula is C13H21NO. The van der Waals surface area contributed by atoms with Crippen LogP contribution in [0.25, 0.3) is 0 Å². The minimum absolute atomic E-state index is 0.559. The van der Waals surface area contributed by atoms with Crippen molar-refractivity contribution in [3.63, 3.8) is 0 Å². The average molecular weight is 207 g/mol. The second-order valence-corrected chi connectivity index (χ2v) is 4.13. The van der Waals surface area contributed by atoms with E-state index in [2.05, 4.69) is 38.2 Å². The van der Waals surface area contributed by atoms with Gasteiger partial charge in [0.05, 0.1) is 6.61 Å². The molecule has 0 radical (unpaired) electrons. The molecule has 0 aliphatic heterocycles. The van der Waals surface area contributed by atoms with E-state index in [-0.39, 0.29) is 0 Å². The van der Waals surface area contributed by atoms with Crippen LogP contribution in [0.4, 0.5) is 0 Å². The molecule has 1 aromatic rings. The maximum Gasteiger partial charge on any atom is 0.119 e. The first-order valence-corrected chi connectivity index (χ1v) is 5.61.